The third-order valence-corrected chi connectivity index (χ3v) is 3.12. The Kier molecular flexibility index (Phi) is 2.94. The van der Waals surface area contributed by atoms with Crippen molar-refractivity contribution in [3.63, 3.8) is 0 Å². The summed E-state index contributed by atoms with van der Waals surface area (Å²) in [5.74, 6) is 0.616. The highest BCUT2D eigenvalue weighted by atomic mass is 15.5. The number of nitrogen functional groups attached to an aromatic ring is 1. The quantitative estimate of drug-likeness (QED) is 0.722. The molecular formula is C13H15N7. The summed E-state index contributed by atoms with van der Waals surface area (Å²) >= 11 is 0. The molecular weight excluding hydrogens is 254 g/mol. The van der Waals surface area contributed by atoms with Gasteiger partial charge in [-0.05, 0) is 29.0 Å². The van der Waals surface area contributed by atoms with Crippen LogP contribution in [0.1, 0.15) is 12.6 Å². The van der Waals surface area contributed by atoms with E-state index < -0.39 is 0 Å². The maximum absolute atomic E-state index is 6.00. The summed E-state index contributed by atoms with van der Waals surface area (Å²) in [6.45, 7) is 2.05. The van der Waals surface area contributed by atoms with Gasteiger partial charge in [-0.1, -0.05) is 19.1 Å². The SMILES string of the molecule is CCc1nn(C)cc1-n1nnnc1-c1ccccc1N. The van der Waals surface area contributed by atoms with Crippen molar-refractivity contribution in [2.24, 2.45) is 7.05 Å². The molecule has 0 atom stereocenters. The first-order chi connectivity index (χ1) is 9.70. The van der Waals surface area contributed by atoms with Gasteiger partial charge in [0.1, 0.15) is 5.69 Å². The Hall–Kier alpha value is -2.70. The molecule has 20 heavy (non-hydrogen) atoms. The molecule has 0 saturated heterocycles. The Morgan fingerprint density at radius 2 is 2.05 bits per heavy atom. The summed E-state index contributed by atoms with van der Waals surface area (Å²) < 4.78 is 3.44. The molecule has 0 aliphatic carbocycles. The van der Waals surface area contributed by atoms with Crippen molar-refractivity contribution in [2.45, 2.75) is 13.3 Å². The minimum absolute atomic E-state index is 0.616. The monoisotopic (exact) mass is 269 g/mol. The topological polar surface area (TPSA) is 87.4 Å². The van der Waals surface area contributed by atoms with Crippen LogP contribution in [0.2, 0.25) is 0 Å². The minimum atomic E-state index is 0.616. The average molecular weight is 269 g/mol. The highest BCUT2D eigenvalue weighted by molar-refractivity contribution is 5.72. The van der Waals surface area contributed by atoms with Gasteiger partial charge in [0.05, 0.1) is 11.9 Å². The lowest BCUT2D eigenvalue weighted by molar-refractivity contribution is 0.746. The Bertz CT molecular complexity index is 741. The van der Waals surface area contributed by atoms with Crippen LogP contribution in [0, 0.1) is 0 Å². The highest BCUT2D eigenvalue weighted by Crippen LogP contribution is 2.25. The molecule has 0 unspecified atom stereocenters. The molecule has 0 aliphatic heterocycles. The van der Waals surface area contributed by atoms with Gasteiger partial charge in [-0.2, -0.15) is 9.78 Å². The molecule has 0 spiro atoms. The Morgan fingerprint density at radius 1 is 1.25 bits per heavy atom. The first kappa shape index (κ1) is 12.3. The summed E-state index contributed by atoms with van der Waals surface area (Å²) in [6, 6.07) is 7.53. The molecule has 0 fully saturated rings. The summed E-state index contributed by atoms with van der Waals surface area (Å²) in [6.07, 6.45) is 2.71. The van der Waals surface area contributed by atoms with Gasteiger partial charge in [0.25, 0.3) is 0 Å². The molecule has 102 valence electrons. The smallest absolute Gasteiger partial charge is 0.189 e. The number of anilines is 1. The molecule has 3 rings (SSSR count). The second kappa shape index (κ2) is 4.76. The van der Waals surface area contributed by atoms with Crippen LogP contribution in [0.5, 0.6) is 0 Å². The van der Waals surface area contributed by atoms with E-state index in [-0.39, 0.29) is 0 Å². The van der Waals surface area contributed by atoms with Crippen molar-refractivity contribution in [1.29, 1.82) is 0 Å². The van der Waals surface area contributed by atoms with Gasteiger partial charge in [-0.15, -0.1) is 5.10 Å². The number of nitrogens with two attached hydrogens (primary N) is 1. The second-order valence-corrected chi connectivity index (χ2v) is 4.49. The second-order valence-electron chi connectivity index (χ2n) is 4.49. The third-order valence-electron chi connectivity index (χ3n) is 3.12. The van der Waals surface area contributed by atoms with Gasteiger partial charge < -0.3 is 5.73 Å². The zero-order valence-electron chi connectivity index (χ0n) is 11.4. The summed E-state index contributed by atoms with van der Waals surface area (Å²) in [5, 5.41) is 16.3. The lowest BCUT2D eigenvalue weighted by Gasteiger charge is -2.05. The van der Waals surface area contributed by atoms with Crippen molar-refractivity contribution >= 4 is 5.69 Å². The van der Waals surface area contributed by atoms with Crippen LogP contribution in [0.4, 0.5) is 5.69 Å². The van der Waals surface area contributed by atoms with Gasteiger partial charge in [-0.3, -0.25) is 4.68 Å². The first-order valence-corrected chi connectivity index (χ1v) is 6.37. The number of tetrazole rings is 1. The molecule has 0 saturated carbocycles. The molecule has 0 amide bonds. The Balaban J connectivity index is 2.18. The van der Waals surface area contributed by atoms with E-state index in [4.69, 9.17) is 5.73 Å². The van der Waals surface area contributed by atoms with Gasteiger partial charge in [0, 0.05) is 18.3 Å². The standard InChI is InChI=1S/C13H15N7/c1-3-11-12(8-19(2)16-11)20-13(15-17-18-20)9-6-4-5-7-10(9)14/h4-8H,3,14H2,1-2H3. The van der Waals surface area contributed by atoms with Gasteiger partial charge in [-0.25, -0.2) is 0 Å². The van der Waals surface area contributed by atoms with E-state index >= 15 is 0 Å². The Morgan fingerprint density at radius 3 is 2.80 bits per heavy atom. The molecule has 2 N–H and O–H groups in total. The van der Waals surface area contributed by atoms with E-state index in [9.17, 15) is 0 Å². The maximum Gasteiger partial charge on any atom is 0.189 e. The molecule has 7 heteroatoms. The number of benzene rings is 1. The van der Waals surface area contributed by atoms with Gasteiger partial charge in [0.2, 0.25) is 0 Å². The zero-order valence-corrected chi connectivity index (χ0v) is 11.4. The predicted octanol–water partition coefficient (Wildman–Crippen LogP) is 1.21. The van der Waals surface area contributed by atoms with Crippen molar-refractivity contribution in [3.8, 4) is 17.1 Å². The van der Waals surface area contributed by atoms with Crippen molar-refractivity contribution < 1.29 is 0 Å². The number of nitrogens with zero attached hydrogens (tertiary/aromatic N) is 6. The van der Waals surface area contributed by atoms with Gasteiger partial charge >= 0.3 is 0 Å². The molecule has 2 aromatic heterocycles. The van der Waals surface area contributed by atoms with Crippen molar-refractivity contribution in [1.82, 2.24) is 30.0 Å². The molecule has 3 aromatic rings. The third kappa shape index (κ3) is 1.93. The lowest BCUT2D eigenvalue weighted by atomic mass is 10.1. The molecule has 2 heterocycles. The van der Waals surface area contributed by atoms with Crippen LogP contribution in [0.3, 0.4) is 0 Å². The molecule has 0 aliphatic rings. The number of aromatic nitrogens is 6. The number of para-hydroxylation sites is 1. The highest BCUT2D eigenvalue weighted by Gasteiger charge is 2.17. The van der Waals surface area contributed by atoms with Crippen molar-refractivity contribution in [3.05, 3.63) is 36.2 Å². The zero-order chi connectivity index (χ0) is 14.1. The van der Waals surface area contributed by atoms with Crippen LogP contribution in [-0.4, -0.2) is 30.0 Å². The fraction of sp³-hybridized carbons (Fsp3) is 0.231. The van der Waals surface area contributed by atoms with E-state index in [0.717, 1.165) is 23.4 Å². The summed E-state index contributed by atoms with van der Waals surface area (Å²) in [4.78, 5) is 0. The average Bonchev–Trinajstić information content (AvgIpc) is 3.05. The predicted molar refractivity (Wildman–Crippen MR) is 75.1 cm³/mol. The van der Waals surface area contributed by atoms with E-state index in [2.05, 4.69) is 20.6 Å². The molecule has 7 nitrogen and oxygen atoms in total. The van der Waals surface area contributed by atoms with Crippen molar-refractivity contribution in [2.75, 3.05) is 5.73 Å². The minimum Gasteiger partial charge on any atom is -0.398 e. The van der Waals surface area contributed by atoms with Crippen LogP contribution in [0.25, 0.3) is 17.1 Å². The summed E-state index contributed by atoms with van der Waals surface area (Å²) in [7, 11) is 1.88. The number of hydrogen-bond donors (Lipinski definition) is 1. The fourth-order valence-corrected chi connectivity index (χ4v) is 2.17. The van der Waals surface area contributed by atoms with Crippen LogP contribution in [-0.2, 0) is 13.5 Å². The van der Waals surface area contributed by atoms with Crippen LogP contribution < -0.4 is 5.73 Å². The normalized spacial score (nSPS) is 10.9. The van der Waals surface area contributed by atoms with Crippen LogP contribution in [0.15, 0.2) is 30.5 Å². The number of aryl methyl sites for hydroxylation is 2. The van der Waals surface area contributed by atoms with E-state index in [1.807, 2.05) is 44.4 Å². The van der Waals surface area contributed by atoms with Crippen LogP contribution >= 0.6 is 0 Å². The maximum atomic E-state index is 6.00. The molecule has 0 bridgehead atoms. The van der Waals surface area contributed by atoms with E-state index in [1.165, 1.54) is 0 Å². The lowest BCUT2D eigenvalue weighted by Crippen LogP contribution is -2.03. The fourth-order valence-electron chi connectivity index (χ4n) is 2.17. The van der Waals surface area contributed by atoms with Gasteiger partial charge in [0.15, 0.2) is 5.82 Å². The Labute approximate surface area is 116 Å². The number of hydrogen-bond acceptors (Lipinski definition) is 5. The van der Waals surface area contributed by atoms with E-state index in [0.29, 0.717) is 11.5 Å². The largest absolute Gasteiger partial charge is 0.398 e. The first-order valence-electron chi connectivity index (χ1n) is 6.37. The number of rotatable bonds is 3. The molecule has 0 radical (unpaired) electrons. The van der Waals surface area contributed by atoms with E-state index in [1.54, 1.807) is 9.36 Å². The molecule has 1 aromatic carbocycles. The summed E-state index contributed by atoms with van der Waals surface area (Å²) in [5.41, 5.74) is 9.27.